The molecule has 0 atom stereocenters. The Morgan fingerprint density at radius 2 is 1.80 bits per heavy atom. The third kappa shape index (κ3) is 3.91. The number of allylic oxidation sites excluding steroid dienone is 1. The van der Waals surface area contributed by atoms with Crippen molar-refractivity contribution in [2.24, 2.45) is 0 Å². The topological polar surface area (TPSA) is 56.5 Å². The van der Waals surface area contributed by atoms with Gasteiger partial charge in [0.05, 0.1) is 11.6 Å². The van der Waals surface area contributed by atoms with Crippen molar-refractivity contribution >= 4 is 28.4 Å². The maximum Gasteiger partial charge on any atom is 0.291 e. The molecular formula is C24H23N3O2S. The molecule has 2 heterocycles. The lowest BCUT2D eigenvalue weighted by Gasteiger charge is -2.18. The van der Waals surface area contributed by atoms with E-state index < -0.39 is 0 Å². The molecule has 0 aliphatic carbocycles. The molecule has 0 amide bonds. The highest BCUT2D eigenvalue weighted by molar-refractivity contribution is 7.15. The Bertz CT molecular complexity index is 1330. The fraction of sp³-hybridized carbons (Fsp3) is 0.208. The maximum atomic E-state index is 12.7. The summed E-state index contributed by atoms with van der Waals surface area (Å²) in [5, 5.41) is 4.43. The predicted molar refractivity (Wildman–Crippen MR) is 123 cm³/mol. The van der Waals surface area contributed by atoms with E-state index in [0.717, 1.165) is 16.9 Å². The number of hydrogen-bond acceptors (Lipinski definition) is 5. The van der Waals surface area contributed by atoms with Crippen LogP contribution in [0.4, 0.5) is 0 Å². The summed E-state index contributed by atoms with van der Waals surface area (Å²) >= 11 is 1.33. The number of nitrogens with zero attached hydrogens (tertiary/aromatic N) is 3. The van der Waals surface area contributed by atoms with Gasteiger partial charge in [-0.05, 0) is 23.1 Å². The largest absolute Gasteiger partial charge is 0.496 e. The van der Waals surface area contributed by atoms with Gasteiger partial charge in [0.2, 0.25) is 4.96 Å². The molecule has 0 saturated heterocycles. The van der Waals surface area contributed by atoms with Crippen molar-refractivity contribution in [2.75, 3.05) is 7.11 Å². The second-order valence-corrected chi connectivity index (χ2v) is 9.01. The SMILES string of the molecule is COc1ccccc1/C=C/C=c1\sc2nc(-c3ccc(C(C)(C)C)cc3)nn2c1=O. The van der Waals surface area contributed by atoms with Crippen molar-refractivity contribution in [2.45, 2.75) is 26.2 Å². The third-order valence-corrected chi connectivity index (χ3v) is 5.83. The number of aromatic nitrogens is 3. The Morgan fingerprint density at radius 3 is 2.47 bits per heavy atom. The van der Waals surface area contributed by atoms with Gasteiger partial charge in [0, 0.05) is 11.1 Å². The van der Waals surface area contributed by atoms with Crippen LogP contribution in [-0.2, 0) is 5.41 Å². The molecule has 30 heavy (non-hydrogen) atoms. The van der Waals surface area contributed by atoms with E-state index in [1.165, 1.54) is 21.4 Å². The summed E-state index contributed by atoms with van der Waals surface area (Å²) in [6.45, 7) is 6.53. The van der Waals surface area contributed by atoms with Gasteiger partial charge in [-0.3, -0.25) is 4.79 Å². The molecule has 0 spiro atoms. The standard InChI is InChI=1S/C24H23N3O2S/c1-24(2,3)18-14-12-17(13-15-18)21-25-23-27(26-21)22(28)20(30-23)11-7-9-16-8-5-6-10-19(16)29-4/h5-15H,1-4H3/b9-7+,20-11-. The fourth-order valence-corrected chi connectivity index (χ4v) is 3.99. The van der Waals surface area contributed by atoms with E-state index >= 15 is 0 Å². The van der Waals surface area contributed by atoms with Crippen LogP contribution < -0.4 is 14.8 Å². The van der Waals surface area contributed by atoms with Gasteiger partial charge in [0.25, 0.3) is 5.56 Å². The maximum absolute atomic E-state index is 12.7. The number of rotatable bonds is 4. The zero-order chi connectivity index (χ0) is 21.3. The number of para-hydroxylation sites is 1. The summed E-state index contributed by atoms with van der Waals surface area (Å²) in [5.41, 5.74) is 3.02. The average molecular weight is 418 g/mol. The quantitative estimate of drug-likeness (QED) is 0.496. The molecule has 0 aliphatic heterocycles. The predicted octanol–water partition coefficient (Wildman–Crippen LogP) is 4.34. The van der Waals surface area contributed by atoms with E-state index in [-0.39, 0.29) is 11.0 Å². The summed E-state index contributed by atoms with van der Waals surface area (Å²) in [6, 6.07) is 15.9. The van der Waals surface area contributed by atoms with E-state index in [4.69, 9.17) is 4.74 Å². The normalized spacial score (nSPS) is 12.9. The first-order valence-corrected chi connectivity index (χ1v) is 10.5. The number of benzene rings is 2. The lowest BCUT2D eigenvalue weighted by atomic mass is 9.87. The minimum Gasteiger partial charge on any atom is -0.496 e. The Hall–Kier alpha value is -3.25. The van der Waals surface area contributed by atoms with Crippen molar-refractivity contribution in [3.8, 4) is 17.1 Å². The molecule has 0 bridgehead atoms. The molecule has 2 aromatic heterocycles. The van der Waals surface area contributed by atoms with Gasteiger partial charge in [-0.25, -0.2) is 0 Å². The lowest BCUT2D eigenvalue weighted by Crippen LogP contribution is -2.23. The van der Waals surface area contributed by atoms with Crippen molar-refractivity contribution in [3.05, 3.63) is 80.6 Å². The number of hydrogen-bond donors (Lipinski definition) is 0. The van der Waals surface area contributed by atoms with E-state index in [2.05, 4.69) is 43.0 Å². The molecule has 0 fully saturated rings. The van der Waals surface area contributed by atoms with Crippen LogP contribution in [-0.4, -0.2) is 21.7 Å². The lowest BCUT2D eigenvalue weighted by molar-refractivity contribution is 0.414. The van der Waals surface area contributed by atoms with Crippen LogP contribution in [0.15, 0.2) is 59.4 Å². The third-order valence-electron chi connectivity index (χ3n) is 4.85. The Kier molecular flexibility index (Phi) is 5.26. The van der Waals surface area contributed by atoms with Gasteiger partial charge in [-0.1, -0.05) is 86.7 Å². The molecule has 0 radical (unpaired) electrons. The Balaban J connectivity index is 1.63. The molecule has 0 unspecified atom stereocenters. The molecule has 5 nitrogen and oxygen atoms in total. The van der Waals surface area contributed by atoms with E-state index in [1.54, 1.807) is 13.2 Å². The molecule has 0 N–H and O–H groups in total. The molecule has 0 saturated carbocycles. The molecule has 2 aromatic carbocycles. The number of thiazole rings is 1. The monoisotopic (exact) mass is 417 g/mol. The number of fused-ring (bicyclic) bond motifs is 1. The first kappa shape index (κ1) is 20.0. The highest BCUT2D eigenvalue weighted by atomic mass is 32.1. The number of methoxy groups -OCH3 is 1. The molecule has 4 rings (SSSR count). The highest BCUT2D eigenvalue weighted by Crippen LogP contribution is 2.25. The first-order valence-electron chi connectivity index (χ1n) is 9.69. The summed E-state index contributed by atoms with van der Waals surface area (Å²) in [5.74, 6) is 1.35. The van der Waals surface area contributed by atoms with Gasteiger partial charge in [0.15, 0.2) is 5.82 Å². The van der Waals surface area contributed by atoms with Crippen LogP contribution in [0.5, 0.6) is 5.75 Å². The summed E-state index contributed by atoms with van der Waals surface area (Å²) < 4.78 is 7.30. The molecule has 152 valence electrons. The van der Waals surface area contributed by atoms with Crippen LogP contribution in [0.25, 0.3) is 28.5 Å². The molecular weight excluding hydrogens is 394 g/mol. The van der Waals surface area contributed by atoms with Crippen LogP contribution in [0, 0.1) is 0 Å². The van der Waals surface area contributed by atoms with Gasteiger partial charge < -0.3 is 4.74 Å². The molecule has 6 heteroatoms. The smallest absolute Gasteiger partial charge is 0.291 e. The second kappa shape index (κ2) is 7.88. The minimum atomic E-state index is -0.162. The average Bonchev–Trinajstić information content (AvgIpc) is 3.27. The van der Waals surface area contributed by atoms with Gasteiger partial charge in [-0.2, -0.15) is 9.50 Å². The summed E-state index contributed by atoms with van der Waals surface area (Å²) in [6.07, 6.45) is 5.54. The zero-order valence-electron chi connectivity index (χ0n) is 17.4. The van der Waals surface area contributed by atoms with Crippen molar-refractivity contribution < 1.29 is 4.74 Å². The summed E-state index contributed by atoms with van der Waals surface area (Å²) in [7, 11) is 1.64. The molecule has 0 aliphatic rings. The van der Waals surface area contributed by atoms with Crippen molar-refractivity contribution in [1.29, 1.82) is 0 Å². The number of ether oxygens (including phenoxy) is 1. The van der Waals surface area contributed by atoms with Crippen LogP contribution >= 0.6 is 11.3 Å². The fourth-order valence-electron chi connectivity index (χ4n) is 3.13. The molecule has 4 aromatic rings. The van der Waals surface area contributed by atoms with Crippen LogP contribution in [0.3, 0.4) is 0 Å². The Labute approximate surface area is 179 Å². The van der Waals surface area contributed by atoms with Gasteiger partial charge in [0.1, 0.15) is 5.75 Å². The van der Waals surface area contributed by atoms with Gasteiger partial charge in [-0.15, -0.1) is 5.10 Å². The first-order chi connectivity index (χ1) is 14.4. The van der Waals surface area contributed by atoms with Gasteiger partial charge >= 0.3 is 0 Å². The van der Waals surface area contributed by atoms with Crippen LogP contribution in [0.2, 0.25) is 0 Å². The van der Waals surface area contributed by atoms with Crippen molar-refractivity contribution in [1.82, 2.24) is 14.6 Å². The second-order valence-electron chi connectivity index (χ2n) is 8.00. The minimum absolute atomic E-state index is 0.0880. The Morgan fingerprint density at radius 1 is 1.07 bits per heavy atom. The van der Waals surface area contributed by atoms with E-state index in [1.807, 2.05) is 48.6 Å². The summed E-state index contributed by atoms with van der Waals surface area (Å²) in [4.78, 5) is 17.9. The van der Waals surface area contributed by atoms with Crippen LogP contribution in [0.1, 0.15) is 31.9 Å². The van der Waals surface area contributed by atoms with E-state index in [0.29, 0.717) is 15.3 Å². The van der Waals surface area contributed by atoms with Crippen molar-refractivity contribution in [3.63, 3.8) is 0 Å². The zero-order valence-corrected chi connectivity index (χ0v) is 18.2. The highest BCUT2D eigenvalue weighted by Gasteiger charge is 2.15. The van der Waals surface area contributed by atoms with E-state index in [9.17, 15) is 4.79 Å².